The molecule has 0 radical (unpaired) electrons. The fourth-order valence-corrected chi connectivity index (χ4v) is 4.33. The largest absolute Gasteiger partial charge is 0.381 e. The van der Waals surface area contributed by atoms with E-state index in [9.17, 15) is 4.39 Å². The Hall–Kier alpha value is -0.540. The number of hydrogen-bond donors (Lipinski definition) is 2. The highest BCUT2D eigenvalue weighted by Gasteiger charge is 2.32. The summed E-state index contributed by atoms with van der Waals surface area (Å²) < 4.78 is 19.6. The van der Waals surface area contributed by atoms with Crippen molar-refractivity contribution in [3.63, 3.8) is 0 Å². The molecule has 4 nitrogen and oxygen atoms in total. The van der Waals surface area contributed by atoms with Gasteiger partial charge in [0.05, 0.1) is 12.6 Å². The third-order valence-corrected chi connectivity index (χ3v) is 6.21. The van der Waals surface area contributed by atoms with Gasteiger partial charge in [0.15, 0.2) is 5.96 Å². The van der Waals surface area contributed by atoms with Gasteiger partial charge in [-0.25, -0.2) is 4.39 Å². The number of rotatable bonds is 7. The number of hydrogen-bond acceptors (Lipinski definition) is 3. The van der Waals surface area contributed by atoms with Gasteiger partial charge in [-0.3, -0.25) is 4.99 Å². The van der Waals surface area contributed by atoms with Crippen molar-refractivity contribution in [3.05, 3.63) is 35.1 Å². The van der Waals surface area contributed by atoms with E-state index in [4.69, 9.17) is 9.73 Å². The summed E-state index contributed by atoms with van der Waals surface area (Å²) in [4.78, 5) is 4.86. The first kappa shape index (κ1) is 24.5. The molecule has 2 N–H and O–H groups in total. The summed E-state index contributed by atoms with van der Waals surface area (Å²) >= 11 is 1.99. The van der Waals surface area contributed by atoms with Crippen LogP contribution in [-0.4, -0.2) is 42.8 Å². The van der Waals surface area contributed by atoms with Crippen molar-refractivity contribution in [2.75, 3.05) is 32.1 Å². The first-order valence-electron chi connectivity index (χ1n) is 9.52. The molecule has 0 spiro atoms. The quantitative estimate of drug-likeness (QED) is 0.319. The van der Waals surface area contributed by atoms with E-state index in [1.54, 1.807) is 13.0 Å². The van der Waals surface area contributed by atoms with Crippen molar-refractivity contribution in [1.82, 2.24) is 10.6 Å². The van der Waals surface area contributed by atoms with Crippen LogP contribution in [0.1, 0.15) is 50.8 Å². The van der Waals surface area contributed by atoms with Crippen LogP contribution in [0.15, 0.2) is 23.2 Å². The molecule has 0 saturated carbocycles. The summed E-state index contributed by atoms with van der Waals surface area (Å²) in [5, 5.41) is 6.72. The number of aryl methyl sites for hydroxylation is 1. The molecule has 27 heavy (non-hydrogen) atoms. The summed E-state index contributed by atoms with van der Waals surface area (Å²) in [5.41, 5.74) is 1.59. The molecule has 1 aliphatic rings. The minimum absolute atomic E-state index is 0. The summed E-state index contributed by atoms with van der Waals surface area (Å²) in [5.74, 6) is 1.69. The van der Waals surface area contributed by atoms with Crippen LogP contribution in [0, 0.1) is 12.7 Å². The topological polar surface area (TPSA) is 45.7 Å². The van der Waals surface area contributed by atoms with Gasteiger partial charge in [0.1, 0.15) is 5.82 Å². The molecule has 0 amide bonds. The predicted molar refractivity (Wildman–Crippen MR) is 125 cm³/mol. The number of benzene rings is 1. The molecule has 1 aliphatic heterocycles. The minimum atomic E-state index is -0.168. The van der Waals surface area contributed by atoms with Crippen LogP contribution in [0.5, 0.6) is 0 Å². The Bertz CT molecular complexity index is 603. The average Bonchev–Trinajstić information content (AvgIpc) is 2.63. The molecular weight excluding hydrogens is 476 g/mol. The first-order valence-corrected chi connectivity index (χ1v) is 10.5. The Morgan fingerprint density at radius 2 is 2.04 bits per heavy atom. The van der Waals surface area contributed by atoms with Gasteiger partial charge in [-0.05, 0) is 56.6 Å². The lowest BCUT2D eigenvalue weighted by atomic mass is 9.99. The van der Waals surface area contributed by atoms with Crippen LogP contribution in [0.3, 0.4) is 0 Å². The lowest BCUT2D eigenvalue weighted by molar-refractivity contribution is 0.0793. The lowest BCUT2D eigenvalue weighted by Gasteiger charge is -2.35. The molecule has 0 aliphatic carbocycles. The monoisotopic (exact) mass is 509 g/mol. The number of ether oxygens (including phenoxy) is 1. The molecule has 1 unspecified atom stereocenters. The van der Waals surface area contributed by atoms with Crippen LogP contribution >= 0.6 is 35.7 Å². The van der Waals surface area contributed by atoms with E-state index in [0.717, 1.165) is 56.4 Å². The molecule has 1 aromatic carbocycles. The van der Waals surface area contributed by atoms with Crippen molar-refractivity contribution in [2.24, 2.45) is 4.99 Å². The van der Waals surface area contributed by atoms with Gasteiger partial charge in [0.25, 0.3) is 0 Å². The van der Waals surface area contributed by atoms with E-state index >= 15 is 0 Å². The number of aliphatic imine (C=N–C) groups is 1. The molecular formula is C20H33FIN3OS. The number of thioether (sulfide) groups is 1. The molecule has 1 atom stereocenters. The second kappa shape index (κ2) is 12.1. The summed E-state index contributed by atoms with van der Waals surface area (Å²) in [7, 11) is 0. The van der Waals surface area contributed by atoms with Gasteiger partial charge >= 0.3 is 0 Å². The third kappa shape index (κ3) is 7.42. The number of nitrogens with one attached hydrogen (secondary N) is 2. The normalized spacial score (nSPS) is 17.7. The lowest BCUT2D eigenvalue weighted by Crippen LogP contribution is -2.42. The molecule has 0 bridgehead atoms. The number of halogens is 2. The van der Waals surface area contributed by atoms with Gasteiger partial charge < -0.3 is 15.4 Å². The maximum absolute atomic E-state index is 13.9. The first-order chi connectivity index (χ1) is 12.5. The molecule has 1 fully saturated rings. The zero-order chi connectivity index (χ0) is 19.0. The highest BCUT2D eigenvalue weighted by molar-refractivity contribution is 14.0. The van der Waals surface area contributed by atoms with E-state index in [2.05, 4.69) is 24.5 Å². The maximum Gasteiger partial charge on any atom is 0.191 e. The fourth-order valence-electron chi connectivity index (χ4n) is 3.11. The molecule has 1 heterocycles. The van der Waals surface area contributed by atoms with Gasteiger partial charge in [0, 0.05) is 24.5 Å². The Morgan fingerprint density at radius 1 is 1.33 bits per heavy atom. The standard InChI is InChI=1S/C20H32FN3OS.HI/c1-5-22-19(23-14-20(26-6-2)9-11-25-12-10-20)24-16(4)17-8-7-15(3)18(21)13-17;/h7-8,13,16H,5-6,9-12,14H2,1-4H3,(H2,22,23,24);1H. The Kier molecular flexibility index (Phi) is 11.0. The summed E-state index contributed by atoms with van der Waals surface area (Å²) in [6.07, 6.45) is 2.07. The van der Waals surface area contributed by atoms with Gasteiger partial charge in [0.2, 0.25) is 0 Å². The molecule has 0 aromatic heterocycles. The maximum atomic E-state index is 13.9. The SMILES string of the molecule is CCNC(=NCC1(SCC)CCOCC1)NC(C)c1ccc(C)c(F)c1.I. The van der Waals surface area contributed by atoms with Gasteiger partial charge in [-0.1, -0.05) is 19.1 Å². The molecule has 154 valence electrons. The van der Waals surface area contributed by atoms with Crippen molar-refractivity contribution in [1.29, 1.82) is 0 Å². The average molecular weight is 509 g/mol. The van der Waals surface area contributed by atoms with Crippen molar-refractivity contribution < 1.29 is 9.13 Å². The van der Waals surface area contributed by atoms with Crippen LogP contribution in [0.2, 0.25) is 0 Å². The minimum Gasteiger partial charge on any atom is -0.381 e. The Labute approximate surface area is 184 Å². The Morgan fingerprint density at radius 3 is 2.63 bits per heavy atom. The number of guanidine groups is 1. The number of nitrogens with zero attached hydrogens (tertiary/aromatic N) is 1. The highest BCUT2D eigenvalue weighted by atomic mass is 127. The van der Waals surface area contributed by atoms with Crippen LogP contribution in [0.4, 0.5) is 4.39 Å². The van der Waals surface area contributed by atoms with Gasteiger partial charge in [-0.2, -0.15) is 11.8 Å². The van der Waals surface area contributed by atoms with Crippen LogP contribution in [-0.2, 0) is 4.74 Å². The van der Waals surface area contributed by atoms with Crippen molar-refractivity contribution in [2.45, 2.75) is 51.3 Å². The summed E-state index contributed by atoms with van der Waals surface area (Å²) in [6.45, 7) is 11.2. The highest BCUT2D eigenvalue weighted by Crippen LogP contribution is 2.35. The van der Waals surface area contributed by atoms with Crippen LogP contribution in [0.25, 0.3) is 0 Å². The van der Waals surface area contributed by atoms with E-state index < -0.39 is 0 Å². The smallest absolute Gasteiger partial charge is 0.191 e. The van der Waals surface area contributed by atoms with E-state index in [-0.39, 0.29) is 40.6 Å². The zero-order valence-electron chi connectivity index (χ0n) is 16.8. The van der Waals surface area contributed by atoms with E-state index in [1.165, 1.54) is 0 Å². The molecule has 7 heteroatoms. The van der Waals surface area contributed by atoms with Crippen molar-refractivity contribution >= 4 is 41.7 Å². The predicted octanol–water partition coefficient (Wildman–Crippen LogP) is 4.67. The molecule has 1 aromatic rings. The van der Waals surface area contributed by atoms with Crippen LogP contribution < -0.4 is 10.6 Å². The second-order valence-electron chi connectivity index (χ2n) is 6.80. The third-order valence-electron chi connectivity index (χ3n) is 4.77. The van der Waals surface area contributed by atoms with E-state index in [1.807, 2.05) is 30.8 Å². The van der Waals surface area contributed by atoms with Gasteiger partial charge in [-0.15, -0.1) is 24.0 Å². The molecule has 1 saturated heterocycles. The van der Waals surface area contributed by atoms with Crippen molar-refractivity contribution in [3.8, 4) is 0 Å². The Balaban J connectivity index is 0.00000364. The fraction of sp³-hybridized carbons (Fsp3) is 0.650. The van der Waals surface area contributed by atoms with E-state index in [0.29, 0.717) is 5.56 Å². The second-order valence-corrected chi connectivity index (χ2v) is 8.53. The summed E-state index contributed by atoms with van der Waals surface area (Å²) in [6, 6.07) is 5.37. The zero-order valence-corrected chi connectivity index (χ0v) is 20.0. The molecule has 2 rings (SSSR count).